The van der Waals surface area contributed by atoms with E-state index in [0.29, 0.717) is 18.4 Å². The summed E-state index contributed by atoms with van der Waals surface area (Å²) in [5, 5.41) is 3.36. The molecule has 23 heavy (non-hydrogen) atoms. The quantitative estimate of drug-likeness (QED) is 0.666. The average Bonchev–Trinajstić information content (AvgIpc) is 3.12. The molecule has 0 saturated carbocycles. The fraction of sp³-hybridized carbons (Fsp3) is 0.765. The monoisotopic (exact) mass is 322 g/mol. The van der Waals surface area contributed by atoms with Crippen LogP contribution < -0.4 is 5.32 Å². The largest absolute Gasteiger partial charge is 0.443 e. The van der Waals surface area contributed by atoms with Crippen LogP contribution in [-0.2, 0) is 16.7 Å². The van der Waals surface area contributed by atoms with Crippen LogP contribution in [0.4, 0.5) is 0 Å². The van der Waals surface area contributed by atoms with E-state index < -0.39 is 0 Å². The van der Waals surface area contributed by atoms with Crippen LogP contribution in [0.2, 0.25) is 0 Å². The summed E-state index contributed by atoms with van der Waals surface area (Å²) in [4.78, 5) is 11.3. The lowest BCUT2D eigenvalue weighted by Crippen LogP contribution is -2.40. The van der Waals surface area contributed by atoms with Gasteiger partial charge in [-0.2, -0.15) is 0 Å². The standard InChI is InChI=1S/C17H30N4O2/c1-6-18-16(21-8-7-13(11-21)12-22-5)20-10-15-19-9-14(23-15)17(2,3)4/h9,13H,6-8,10-12H2,1-5H3,(H,18,20). The van der Waals surface area contributed by atoms with Crippen LogP contribution in [0.5, 0.6) is 0 Å². The van der Waals surface area contributed by atoms with Gasteiger partial charge in [-0.1, -0.05) is 20.8 Å². The van der Waals surface area contributed by atoms with E-state index in [-0.39, 0.29) is 5.41 Å². The minimum atomic E-state index is -0.0260. The van der Waals surface area contributed by atoms with Gasteiger partial charge in [0, 0.05) is 38.1 Å². The molecule has 0 amide bonds. The van der Waals surface area contributed by atoms with E-state index in [1.165, 1.54) is 0 Å². The van der Waals surface area contributed by atoms with Crippen LogP contribution >= 0.6 is 0 Å². The zero-order chi connectivity index (χ0) is 16.9. The molecular weight excluding hydrogens is 292 g/mol. The van der Waals surface area contributed by atoms with Crippen molar-refractivity contribution < 1.29 is 9.15 Å². The minimum absolute atomic E-state index is 0.0260. The second-order valence-corrected chi connectivity index (χ2v) is 7.09. The fourth-order valence-corrected chi connectivity index (χ4v) is 2.70. The second-order valence-electron chi connectivity index (χ2n) is 7.09. The molecule has 0 aliphatic carbocycles. The Labute approximate surface area is 139 Å². The van der Waals surface area contributed by atoms with Gasteiger partial charge in [0.2, 0.25) is 5.89 Å². The van der Waals surface area contributed by atoms with Crippen LogP contribution in [0, 0.1) is 5.92 Å². The van der Waals surface area contributed by atoms with Crippen LogP contribution in [-0.4, -0.2) is 49.2 Å². The van der Waals surface area contributed by atoms with Gasteiger partial charge in [-0.15, -0.1) is 0 Å². The van der Waals surface area contributed by atoms with E-state index in [9.17, 15) is 0 Å². The maximum Gasteiger partial charge on any atom is 0.216 e. The summed E-state index contributed by atoms with van der Waals surface area (Å²) in [6.07, 6.45) is 2.95. The van der Waals surface area contributed by atoms with E-state index in [4.69, 9.17) is 14.1 Å². The first-order chi connectivity index (χ1) is 10.9. The van der Waals surface area contributed by atoms with E-state index in [0.717, 1.165) is 44.4 Å². The molecule has 130 valence electrons. The van der Waals surface area contributed by atoms with Crippen LogP contribution in [0.1, 0.15) is 45.8 Å². The van der Waals surface area contributed by atoms with Crippen molar-refractivity contribution in [1.29, 1.82) is 0 Å². The fourth-order valence-electron chi connectivity index (χ4n) is 2.70. The number of likely N-dealkylation sites (tertiary alicyclic amines) is 1. The van der Waals surface area contributed by atoms with Crippen LogP contribution in [0.3, 0.4) is 0 Å². The highest BCUT2D eigenvalue weighted by Gasteiger charge is 2.25. The van der Waals surface area contributed by atoms with Crippen LogP contribution in [0.15, 0.2) is 15.6 Å². The van der Waals surface area contributed by atoms with Gasteiger partial charge in [-0.3, -0.25) is 0 Å². The molecule has 6 nitrogen and oxygen atoms in total. The Hall–Kier alpha value is -1.56. The van der Waals surface area contributed by atoms with Crippen molar-refractivity contribution in [3.05, 3.63) is 17.8 Å². The summed E-state index contributed by atoms with van der Waals surface area (Å²) in [7, 11) is 1.76. The molecular formula is C17H30N4O2. The van der Waals surface area contributed by atoms with E-state index in [2.05, 4.69) is 42.9 Å². The van der Waals surface area contributed by atoms with Gasteiger partial charge in [0.05, 0.1) is 12.8 Å². The van der Waals surface area contributed by atoms with E-state index in [1.807, 2.05) is 6.20 Å². The lowest BCUT2D eigenvalue weighted by molar-refractivity contribution is 0.157. The number of guanidine groups is 1. The molecule has 2 heterocycles. The molecule has 1 N–H and O–H groups in total. The number of aliphatic imine (C=N–C) groups is 1. The van der Waals surface area contributed by atoms with Crippen molar-refractivity contribution in [3.63, 3.8) is 0 Å². The number of ether oxygens (including phenoxy) is 1. The Balaban J connectivity index is 2.00. The third kappa shape index (κ3) is 4.96. The molecule has 1 unspecified atom stereocenters. The lowest BCUT2D eigenvalue weighted by atomic mass is 9.94. The molecule has 1 aliphatic heterocycles. The molecule has 1 atom stereocenters. The smallest absolute Gasteiger partial charge is 0.216 e. The number of aromatic nitrogens is 1. The maximum atomic E-state index is 5.81. The summed E-state index contributed by atoms with van der Waals surface area (Å²) in [5.41, 5.74) is -0.0260. The first-order valence-electron chi connectivity index (χ1n) is 8.41. The Morgan fingerprint density at radius 2 is 2.30 bits per heavy atom. The number of rotatable bonds is 5. The van der Waals surface area contributed by atoms with Crippen molar-refractivity contribution in [2.75, 3.05) is 33.4 Å². The van der Waals surface area contributed by atoms with Gasteiger partial charge < -0.3 is 19.4 Å². The molecule has 6 heteroatoms. The van der Waals surface area contributed by atoms with Crippen molar-refractivity contribution in [2.24, 2.45) is 10.9 Å². The van der Waals surface area contributed by atoms with E-state index >= 15 is 0 Å². The first kappa shape index (κ1) is 17.8. The number of oxazole rings is 1. The summed E-state index contributed by atoms with van der Waals surface area (Å²) >= 11 is 0. The van der Waals surface area contributed by atoms with Gasteiger partial charge >= 0.3 is 0 Å². The normalized spacial score (nSPS) is 19.4. The number of nitrogens with zero attached hydrogens (tertiary/aromatic N) is 3. The summed E-state index contributed by atoms with van der Waals surface area (Å²) < 4.78 is 11.1. The molecule has 1 saturated heterocycles. The molecule has 0 bridgehead atoms. The SMILES string of the molecule is CCNC(=NCc1ncc(C(C)(C)C)o1)N1CCC(COC)C1. The second kappa shape index (κ2) is 7.81. The average molecular weight is 322 g/mol. The highest BCUT2D eigenvalue weighted by molar-refractivity contribution is 5.80. The van der Waals surface area contributed by atoms with Crippen molar-refractivity contribution in [3.8, 4) is 0 Å². The highest BCUT2D eigenvalue weighted by Crippen LogP contribution is 2.23. The minimum Gasteiger partial charge on any atom is -0.443 e. The molecule has 0 spiro atoms. The topological polar surface area (TPSA) is 62.9 Å². The zero-order valence-corrected chi connectivity index (χ0v) is 15.1. The summed E-state index contributed by atoms with van der Waals surface area (Å²) in [6.45, 7) is 12.6. The van der Waals surface area contributed by atoms with Gasteiger partial charge in [0.25, 0.3) is 0 Å². The Kier molecular flexibility index (Phi) is 6.04. The summed E-state index contributed by atoms with van der Waals surface area (Å²) in [5.74, 6) is 3.08. The maximum absolute atomic E-state index is 5.81. The third-order valence-electron chi connectivity index (χ3n) is 3.98. The van der Waals surface area contributed by atoms with E-state index in [1.54, 1.807) is 7.11 Å². The van der Waals surface area contributed by atoms with Crippen molar-refractivity contribution in [2.45, 2.75) is 46.1 Å². The molecule has 1 fully saturated rings. The Morgan fingerprint density at radius 3 is 2.91 bits per heavy atom. The summed E-state index contributed by atoms with van der Waals surface area (Å²) in [6, 6.07) is 0. The Bertz CT molecular complexity index is 519. The molecule has 1 aromatic heterocycles. The first-order valence-corrected chi connectivity index (χ1v) is 8.41. The van der Waals surface area contributed by atoms with Crippen LogP contribution in [0.25, 0.3) is 0 Å². The van der Waals surface area contributed by atoms with Gasteiger partial charge in [0.15, 0.2) is 5.96 Å². The number of hydrogen-bond donors (Lipinski definition) is 1. The lowest BCUT2D eigenvalue weighted by Gasteiger charge is -2.21. The van der Waals surface area contributed by atoms with Crippen molar-refractivity contribution in [1.82, 2.24) is 15.2 Å². The molecule has 0 radical (unpaired) electrons. The highest BCUT2D eigenvalue weighted by atomic mass is 16.5. The van der Waals surface area contributed by atoms with Gasteiger partial charge in [-0.25, -0.2) is 9.98 Å². The predicted molar refractivity (Wildman–Crippen MR) is 91.6 cm³/mol. The number of nitrogens with one attached hydrogen (secondary N) is 1. The Morgan fingerprint density at radius 1 is 1.52 bits per heavy atom. The molecule has 2 rings (SSSR count). The zero-order valence-electron chi connectivity index (χ0n) is 15.1. The number of methoxy groups -OCH3 is 1. The van der Waals surface area contributed by atoms with Gasteiger partial charge in [0.1, 0.15) is 12.3 Å². The third-order valence-corrected chi connectivity index (χ3v) is 3.98. The molecule has 0 aromatic carbocycles. The number of hydrogen-bond acceptors (Lipinski definition) is 4. The molecule has 1 aromatic rings. The van der Waals surface area contributed by atoms with Gasteiger partial charge in [-0.05, 0) is 13.3 Å². The van der Waals surface area contributed by atoms with Crippen molar-refractivity contribution >= 4 is 5.96 Å². The molecule has 1 aliphatic rings. The predicted octanol–water partition coefficient (Wildman–Crippen LogP) is 2.41.